The van der Waals surface area contributed by atoms with Crippen molar-refractivity contribution in [3.8, 4) is 0 Å². The van der Waals surface area contributed by atoms with Gasteiger partial charge in [0, 0.05) is 43.1 Å². The average molecular weight is 536 g/mol. The number of hydrogen-bond acceptors (Lipinski definition) is 3. The molecule has 0 bridgehead atoms. The number of alkyl halides is 3. The maximum atomic E-state index is 13.5. The summed E-state index contributed by atoms with van der Waals surface area (Å²) in [6.45, 7) is 3.10. The van der Waals surface area contributed by atoms with Gasteiger partial charge in [-0.1, -0.05) is 30.3 Å². The summed E-state index contributed by atoms with van der Waals surface area (Å²) in [6, 6.07) is 19.9. The first-order chi connectivity index (χ1) is 18.8. The molecule has 8 heteroatoms. The van der Waals surface area contributed by atoms with Crippen molar-refractivity contribution >= 4 is 23.2 Å². The number of piperidine rings is 1. The summed E-state index contributed by atoms with van der Waals surface area (Å²) in [6.07, 6.45) is 0.568. The molecule has 2 amide bonds. The molecule has 0 saturated carbocycles. The van der Waals surface area contributed by atoms with E-state index < -0.39 is 17.6 Å². The smallest absolute Gasteiger partial charge is 0.371 e. The molecule has 2 aliphatic heterocycles. The SMILES string of the molecule is O=C(Nc1ccc(N2CCC(Cc3ccccc3)CC2)c(C(=O)N2CCCC2)c1)c1ccc(C(F)(F)F)cc1. The van der Waals surface area contributed by atoms with E-state index in [0.29, 0.717) is 30.3 Å². The van der Waals surface area contributed by atoms with Crippen molar-refractivity contribution in [3.63, 3.8) is 0 Å². The highest BCUT2D eigenvalue weighted by molar-refractivity contribution is 6.06. The van der Waals surface area contributed by atoms with Crippen LogP contribution >= 0.6 is 0 Å². The highest BCUT2D eigenvalue weighted by Gasteiger charge is 2.30. The van der Waals surface area contributed by atoms with Crippen LogP contribution in [0.5, 0.6) is 0 Å². The van der Waals surface area contributed by atoms with Crippen molar-refractivity contribution in [1.82, 2.24) is 4.90 Å². The van der Waals surface area contributed by atoms with Crippen molar-refractivity contribution in [3.05, 3.63) is 95.1 Å². The van der Waals surface area contributed by atoms with Gasteiger partial charge in [-0.05, 0) is 86.1 Å². The maximum absolute atomic E-state index is 13.5. The van der Waals surface area contributed by atoms with E-state index in [-0.39, 0.29) is 11.5 Å². The second-order valence-corrected chi connectivity index (χ2v) is 10.4. The number of carbonyl (C=O) groups is 2. The average Bonchev–Trinajstić information content (AvgIpc) is 3.49. The molecule has 2 aliphatic rings. The number of nitrogens with zero attached hydrogens (tertiary/aromatic N) is 2. The van der Waals surface area contributed by atoms with Crippen LogP contribution in [0.4, 0.5) is 24.5 Å². The minimum atomic E-state index is -4.47. The van der Waals surface area contributed by atoms with Gasteiger partial charge in [-0.2, -0.15) is 13.2 Å². The van der Waals surface area contributed by atoms with E-state index in [1.165, 1.54) is 5.56 Å². The van der Waals surface area contributed by atoms with E-state index >= 15 is 0 Å². The van der Waals surface area contributed by atoms with Crippen LogP contribution in [-0.4, -0.2) is 42.9 Å². The molecule has 3 aromatic rings. The number of likely N-dealkylation sites (tertiary alicyclic amines) is 1. The summed E-state index contributed by atoms with van der Waals surface area (Å²) in [5.41, 5.74) is 2.48. The summed E-state index contributed by atoms with van der Waals surface area (Å²) >= 11 is 0. The number of rotatable bonds is 6. The summed E-state index contributed by atoms with van der Waals surface area (Å²) in [7, 11) is 0. The molecular weight excluding hydrogens is 503 g/mol. The molecular formula is C31H32F3N3O2. The topological polar surface area (TPSA) is 52.7 Å². The Labute approximate surface area is 226 Å². The zero-order valence-electron chi connectivity index (χ0n) is 21.7. The molecule has 5 nitrogen and oxygen atoms in total. The molecule has 2 fully saturated rings. The van der Waals surface area contributed by atoms with E-state index in [1.807, 2.05) is 17.0 Å². The van der Waals surface area contributed by atoms with Crippen LogP contribution in [0, 0.1) is 5.92 Å². The van der Waals surface area contributed by atoms with Gasteiger partial charge in [-0.25, -0.2) is 0 Å². The number of amides is 2. The van der Waals surface area contributed by atoms with Crippen LogP contribution in [0.25, 0.3) is 0 Å². The van der Waals surface area contributed by atoms with Crippen molar-refractivity contribution in [2.24, 2.45) is 5.92 Å². The van der Waals surface area contributed by atoms with Crippen LogP contribution in [0.3, 0.4) is 0 Å². The monoisotopic (exact) mass is 535 g/mol. The normalized spacial score (nSPS) is 16.4. The molecule has 0 aromatic heterocycles. The molecule has 1 N–H and O–H groups in total. The second-order valence-electron chi connectivity index (χ2n) is 10.4. The molecule has 3 aromatic carbocycles. The first-order valence-corrected chi connectivity index (χ1v) is 13.5. The first-order valence-electron chi connectivity index (χ1n) is 13.5. The van der Waals surface area contributed by atoms with Gasteiger partial charge < -0.3 is 15.1 Å². The van der Waals surface area contributed by atoms with Crippen LogP contribution in [-0.2, 0) is 12.6 Å². The van der Waals surface area contributed by atoms with Gasteiger partial charge in [0.05, 0.1) is 11.1 Å². The highest BCUT2D eigenvalue weighted by Crippen LogP contribution is 2.32. The largest absolute Gasteiger partial charge is 0.416 e. The number of anilines is 2. The minimum Gasteiger partial charge on any atom is -0.371 e. The van der Waals surface area contributed by atoms with Gasteiger partial charge in [0.15, 0.2) is 0 Å². The van der Waals surface area contributed by atoms with E-state index in [0.717, 1.165) is 75.1 Å². The molecule has 0 atom stereocenters. The third-order valence-electron chi connectivity index (χ3n) is 7.67. The molecule has 5 rings (SSSR count). The molecule has 0 unspecified atom stereocenters. The van der Waals surface area contributed by atoms with Crippen LogP contribution in [0.2, 0.25) is 0 Å². The van der Waals surface area contributed by atoms with Gasteiger partial charge >= 0.3 is 6.18 Å². The van der Waals surface area contributed by atoms with Crippen molar-refractivity contribution in [2.75, 3.05) is 36.4 Å². The Bertz CT molecular complexity index is 1290. The number of carbonyl (C=O) groups excluding carboxylic acids is 2. The Balaban J connectivity index is 1.32. The summed E-state index contributed by atoms with van der Waals surface area (Å²) in [5.74, 6) is 0.000916. The zero-order valence-corrected chi connectivity index (χ0v) is 21.7. The summed E-state index contributed by atoms with van der Waals surface area (Å²) < 4.78 is 38.7. The molecule has 2 heterocycles. The van der Waals surface area contributed by atoms with Crippen molar-refractivity contribution < 1.29 is 22.8 Å². The Morgan fingerprint density at radius 2 is 1.51 bits per heavy atom. The molecule has 0 spiro atoms. The van der Waals surface area contributed by atoms with Gasteiger partial charge in [-0.3, -0.25) is 9.59 Å². The lowest BCUT2D eigenvalue weighted by Crippen LogP contribution is -2.36. The Morgan fingerprint density at radius 1 is 0.846 bits per heavy atom. The molecule has 0 aliphatic carbocycles. The van der Waals surface area contributed by atoms with Gasteiger partial charge in [0.25, 0.3) is 11.8 Å². The number of halogens is 3. The summed E-state index contributed by atoms with van der Waals surface area (Å²) in [5, 5.41) is 2.76. The number of benzene rings is 3. The van der Waals surface area contributed by atoms with E-state index in [9.17, 15) is 22.8 Å². The molecule has 39 heavy (non-hydrogen) atoms. The highest BCUT2D eigenvalue weighted by atomic mass is 19.4. The van der Waals surface area contributed by atoms with Crippen LogP contribution < -0.4 is 10.2 Å². The standard InChI is InChI=1S/C31H32F3N3O2/c32-31(33,34)25-10-8-24(9-11-25)29(38)35-26-12-13-28(27(21-26)30(39)37-16-4-5-17-37)36-18-14-23(15-19-36)20-22-6-2-1-3-7-22/h1-3,6-13,21,23H,4-5,14-20H2,(H,35,38). The lowest BCUT2D eigenvalue weighted by molar-refractivity contribution is -0.137. The van der Waals surface area contributed by atoms with Crippen molar-refractivity contribution in [2.45, 2.75) is 38.3 Å². The first kappa shape index (κ1) is 26.8. The minimum absolute atomic E-state index is 0.0560. The zero-order chi connectivity index (χ0) is 27.4. The Morgan fingerprint density at radius 3 is 2.15 bits per heavy atom. The van der Waals surface area contributed by atoms with Gasteiger partial charge in [0.1, 0.15) is 0 Å². The lowest BCUT2D eigenvalue weighted by Gasteiger charge is -2.35. The van der Waals surface area contributed by atoms with Crippen LogP contribution in [0.1, 0.15) is 57.5 Å². The predicted molar refractivity (Wildman–Crippen MR) is 146 cm³/mol. The van der Waals surface area contributed by atoms with Gasteiger partial charge in [-0.15, -0.1) is 0 Å². The summed E-state index contributed by atoms with van der Waals surface area (Å²) in [4.78, 5) is 30.4. The number of hydrogen-bond donors (Lipinski definition) is 1. The van der Waals surface area contributed by atoms with E-state index in [4.69, 9.17) is 0 Å². The fourth-order valence-electron chi connectivity index (χ4n) is 5.49. The third kappa shape index (κ3) is 6.44. The Kier molecular flexibility index (Phi) is 7.91. The third-order valence-corrected chi connectivity index (χ3v) is 7.67. The predicted octanol–water partition coefficient (Wildman–Crippen LogP) is 6.65. The molecule has 204 valence electrons. The Hall–Kier alpha value is -3.81. The second kappa shape index (κ2) is 11.5. The fraction of sp³-hybridized carbons (Fsp3) is 0.355. The maximum Gasteiger partial charge on any atom is 0.416 e. The lowest BCUT2D eigenvalue weighted by atomic mass is 9.89. The van der Waals surface area contributed by atoms with Gasteiger partial charge in [0.2, 0.25) is 0 Å². The van der Waals surface area contributed by atoms with Crippen molar-refractivity contribution in [1.29, 1.82) is 0 Å². The van der Waals surface area contributed by atoms with E-state index in [2.05, 4.69) is 34.5 Å². The van der Waals surface area contributed by atoms with Crippen LogP contribution in [0.15, 0.2) is 72.8 Å². The molecule has 2 saturated heterocycles. The van der Waals surface area contributed by atoms with E-state index in [1.54, 1.807) is 12.1 Å². The molecule has 0 radical (unpaired) electrons. The fourth-order valence-corrected chi connectivity index (χ4v) is 5.49. The quantitative estimate of drug-likeness (QED) is 0.384. The number of nitrogens with one attached hydrogen (secondary N) is 1.